The quantitative estimate of drug-likeness (QED) is 0.622. The van der Waals surface area contributed by atoms with Gasteiger partial charge in [-0.1, -0.05) is 34.6 Å². The molecule has 2 aromatic heterocycles. The van der Waals surface area contributed by atoms with Gasteiger partial charge in [-0.25, -0.2) is 9.78 Å². The van der Waals surface area contributed by atoms with Crippen LogP contribution in [-0.4, -0.2) is 38.8 Å². The first-order chi connectivity index (χ1) is 12.0. The Labute approximate surface area is 150 Å². The summed E-state index contributed by atoms with van der Waals surface area (Å²) in [6, 6.07) is 3.41. The summed E-state index contributed by atoms with van der Waals surface area (Å²) >= 11 is 0. The van der Waals surface area contributed by atoms with Gasteiger partial charge < -0.3 is 20.5 Å². The Bertz CT molecular complexity index is 635. The van der Waals surface area contributed by atoms with Crippen LogP contribution in [0.4, 0.5) is 5.82 Å². The van der Waals surface area contributed by atoms with Crippen molar-refractivity contribution >= 4 is 11.8 Å². The number of aromatic amines is 1. The summed E-state index contributed by atoms with van der Waals surface area (Å²) in [4.78, 5) is 18.0. The number of carboxylic acids is 1. The van der Waals surface area contributed by atoms with E-state index in [0.717, 1.165) is 23.1 Å². The van der Waals surface area contributed by atoms with Gasteiger partial charge in [-0.15, -0.1) is 0 Å². The fourth-order valence-corrected chi connectivity index (χ4v) is 2.07. The molecule has 2 rings (SSSR count). The van der Waals surface area contributed by atoms with Crippen molar-refractivity contribution in [3.8, 4) is 11.1 Å². The zero-order chi connectivity index (χ0) is 19.4. The van der Waals surface area contributed by atoms with Crippen LogP contribution < -0.4 is 5.32 Å². The van der Waals surface area contributed by atoms with Crippen molar-refractivity contribution in [3.63, 3.8) is 0 Å². The molecule has 0 aliphatic carbocycles. The lowest BCUT2D eigenvalue weighted by atomic mass is 10.0. The molecule has 0 aromatic carbocycles. The Balaban J connectivity index is 0.00000134. The zero-order valence-corrected chi connectivity index (χ0v) is 16.1. The number of aliphatic hydroxyl groups excluding tert-OH is 1. The first-order valence-electron chi connectivity index (χ1n) is 8.81. The number of aromatic carboxylic acids is 1. The van der Waals surface area contributed by atoms with Crippen LogP contribution in [0.15, 0.2) is 24.5 Å². The molecule has 6 heteroatoms. The van der Waals surface area contributed by atoms with Gasteiger partial charge in [-0.05, 0) is 36.6 Å². The van der Waals surface area contributed by atoms with Gasteiger partial charge >= 0.3 is 5.97 Å². The molecule has 25 heavy (non-hydrogen) atoms. The van der Waals surface area contributed by atoms with Gasteiger partial charge in [-0.2, -0.15) is 0 Å². The van der Waals surface area contributed by atoms with Crippen LogP contribution >= 0.6 is 0 Å². The topological polar surface area (TPSA) is 98.2 Å². The number of aliphatic hydroxyl groups is 1. The van der Waals surface area contributed by atoms with E-state index in [0.29, 0.717) is 5.82 Å². The molecule has 0 saturated carbocycles. The largest absolute Gasteiger partial charge is 0.477 e. The maximum atomic E-state index is 10.9. The first-order valence-corrected chi connectivity index (χ1v) is 8.81. The molecule has 0 fully saturated rings. The summed E-state index contributed by atoms with van der Waals surface area (Å²) in [5, 5.41) is 21.4. The molecule has 0 bridgehead atoms. The second kappa shape index (κ2) is 12.1. The number of pyridine rings is 1. The molecular weight excluding hydrogens is 318 g/mol. The molecule has 2 heterocycles. The Hall–Kier alpha value is -2.34. The number of nitrogens with one attached hydrogen (secondary N) is 2. The minimum absolute atomic E-state index is 0.0364. The van der Waals surface area contributed by atoms with Gasteiger partial charge in [-0.3, -0.25) is 0 Å². The van der Waals surface area contributed by atoms with Crippen molar-refractivity contribution in [2.75, 3.05) is 11.9 Å². The summed E-state index contributed by atoms with van der Waals surface area (Å²) in [5.74, 6) is -0.327. The van der Waals surface area contributed by atoms with E-state index in [1.54, 1.807) is 18.5 Å². The summed E-state index contributed by atoms with van der Waals surface area (Å²) in [5.41, 5.74) is 2.81. The van der Waals surface area contributed by atoms with Crippen molar-refractivity contribution in [2.45, 2.75) is 54.0 Å². The number of carbonyl (C=O) groups is 1. The van der Waals surface area contributed by atoms with Gasteiger partial charge in [0.25, 0.3) is 0 Å². The Kier molecular flexibility index (Phi) is 11.0. The molecule has 0 aliphatic heterocycles. The highest BCUT2D eigenvalue weighted by Gasteiger charge is 2.12. The molecule has 0 spiro atoms. The van der Waals surface area contributed by atoms with Gasteiger partial charge in [0.1, 0.15) is 11.5 Å². The summed E-state index contributed by atoms with van der Waals surface area (Å²) < 4.78 is 0. The number of carboxylic acid groups (broad SMARTS) is 1. The van der Waals surface area contributed by atoms with E-state index in [1.807, 2.05) is 47.6 Å². The van der Waals surface area contributed by atoms with E-state index in [-0.39, 0.29) is 18.3 Å². The number of rotatable bonds is 6. The maximum Gasteiger partial charge on any atom is 0.352 e. The Morgan fingerprint density at radius 3 is 2.40 bits per heavy atom. The van der Waals surface area contributed by atoms with Crippen LogP contribution in [0, 0.1) is 6.92 Å². The zero-order valence-electron chi connectivity index (χ0n) is 16.1. The van der Waals surface area contributed by atoms with Crippen molar-refractivity contribution in [3.05, 3.63) is 35.8 Å². The molecule has 0 amide bonds. The van der Waals surface area contributed by atoms with Crippen LogP contribution in [0.5, 0.6) is 0 Å². The average Bonchev–Trinajstić information content (AvgIpc) is 3.14. The number of hydrogen-bond donors (Lipinski definition) is 4. The Morgan fingerprint density at radius 1 is 1.28 bits per heavy atom. The highest BCUT2D eigenvalue weighted by molar-refractivity contribution is 5.88. The van der Waals surface area contributed by atoms with Gasteiger partial charge in [0.2, 0.25) is 0 Å². The monoisotopic (exact) mass is 349 g/mol. The lowest BCUT2D eigenvalue weighted by Gasteiger charge is -2.15. The van der Waals surface area contributed by atoms with E-state index in [4.69, 9.17) is 5.11 Å². The third-order valence-electron chi connectivity index (χ3n) is 3.39. The number of H-pyrrole nitrogens is 1. The SMILES string of the molecule is CC.CC.CCC(CO)Nc1cc(-c2c[nH]c(C(=O)O)c2)c(C)cn1. The van der Waals surface area contributed by atoms with Crippen molar-refractivity contribution < 1.29 is 15.0 Å². The second-order valence-electron chi connectivity index (χ2n) is 4.92. The highest BCUT2D eigenvalue weighted by Crippen LogP contribution is 2.26. The normalized spacial score (nSPS) is 10.7. The molecule has 1 unspecified atom stereocenters. The van der Waals surface area contributed by atoms with Crippen molar-refractivity contribution in [1.82, 2.24) is 9.97 Å². The number of aromatic nitrogens is 2. The molecule has 0 saturated heterocycles. The predicted octanol–water partition coefficient (Wildman–Crippen LogP) is 4.32. The van der Waals surface area contributed by atoms with E-state index >= 15 is 0 Å². The van der Waals surface area contributed by atoms with Crippen LogP contribution in [0.25, 0.3) is 11.1 Å². The summed E-state index contributed by atoms with van der Waals surface area (Å²) in [7, 11) is 0. The minimum atomic E-state index is -0.988. The maximum absolute atomic E-state index is 10.9. The lowest BCUT2D eigenvalue weighted by Crippen LogP contribution is -2.23. The fraction of sp³-hybridized carbons (Fsp3) is 0.474. The smallest absolute Gasteiger partial charge is 0.352 e. The van der Waals surface area contributed by atoms with E-state index in [1.165, 1.54) is 0 Å². The van der Waals surface area contributed by atoms with E-state index < -0.39 is 5.97 Å². The van der Waals surface area contributed by atoms with Gasteiger partial charge in [0.05, 0.1) is 12.6 Å². The van der Waals surface area contributed by atoms with E-state index in [9.17, 15) is 9.90 Å². The summed E-state index contributed by atoms with van der Waals surface area (Å²) in [6.07, 6.45) is 4.18. The molecule has 0 radical (unpaired) electrons. The third-order valence-corrected chi connectivity index (χ3v) is 3.39. The first kappa shape index (κ1) is 22.7. The van der Waals surface area contributed by atoms with Crippen LogP contribution in [0.3, 0.4) is 0 Å². The average molecular weight is 349 g/mol. The molecular formula is C19H31N3O3. The predicted molar refractivity (Wildman–Crippen MR) is 103 cm³/mol. The standard InChI is InChI=1S/C15H19N3O3.2C2H6/c1-3-11(8-19)18-14-5-12(9(2)6-17-14)10-4-13(15(20)21)16-7-10;2*1-2/h4-7,11,16,19H,3,8H2,1-2H3,(H,17,18)(H,20,21);2*1-2H3. The molecule has 4 N–H and O–H groups in total. The number of aryl methyl sites for hydroxylation is 1. The molecule has 2 aromatic rings. The van der Waals surface area contributed by atoms with Crippen LogP contribution in [0.2, 0.25) is 0 Å². The van der Waals surface area contributed by atoms with Crippen molar-refractivity contribution in [1.29, 1.82) is 0 Å². The van der Waals surface area contributed by atoms with Gasteiger partial charge in [0.15, 0.2) is 0 Å². The van der Waals surface area contributed by atoms with E-state index in [2.05, 4.69) is 15.3 Å². The number of anilines is 1. The highest BCUT2D eigenvalue weighted by atomic mass is 16.4. The van der Waals surface area contributed by atoms with Crippen LogP contribution in [-0.2, 0) is 0 Å². The molecule has 0 aliphatic rings. The second-order valence-corrected chi connectivity index (χ2v) is 4.92. The number of hydrogen-bond acceptors (Lipinski definition) is 4. The molecule has 6 nitrogen and oxygen atoms in total. The summed E-state index contributed by atoms with van der Waals surface area (Å²) in [6.45, 7) is 11.9. The molecule has 140 valence electrons. The third kappa shape index (κ3) is 6.58. The fourth-order valence-electron chi connectivity index (χ4n) is 2.07. The lowest BCUT2D eigenvalue weighted by molar-refractivity contribution is 0.0691. The number of nitrogens with zero attached hydrogens (tertiary/aromatic N) is 1. The van der Waals surface area contributed by atoms with Gasteiger partial charge in [0, 0.05) is 18.0 Å². The van der Waals surface area contributed by atoms with Crippen LogP contribution in [0.1, 0.15) is 57.1 Å². The van der Waals surface area contributed by atoms with Crippen molar-refractivity contribution in [2.24, 2.45) is 0 Å². The minimum Gasteiger partial charge on any atom is -0.477 e. The molecule has 1 atom stereocenters. The Morgan fingerprint density at radius 2 is 1.92 bits per heavy atom.